The third-order valence-electron chi connectivity index (χ3n) is 3.95. The second kappa shape index (κ2) is 7.61. The summed E-state index contributed by atoms with van der Waals surface area (Å²) in [5.74, 6) is 0. The molecule has 19 heavy (non-hydrogen) atoms. The largest absolute Gasteiger partial charge is 0.392 e. The topological polar surface area (TPSA) is 29.3 Å². The minimum atomic E-state index is 0.631. The van der Waals surface area contributed by atoms with Crippen molar-refractivity contribution in [3.63, 3.8) is 0 Å². The molecule has 0 saturated heterocycles. The van der Waals surface area contributed by atoms with Crippen molar-refractivity contribution < 1.29 is 0 Å². The van der Waals surface area contributed by atoms with Gasteiger partial charge in [-0.05, 0) is 37.8 Å². The molecule has 1 aliphatic rings. The van der Waals surface area contributed by atoms with E-state index >= 15 is 0 Å². The summed E-state index contributed by atoms with van der Waals surface area (Å²) in [5, 5.41) is 0. The summed E-state index contributed by atoms with van der Waals surface area (Å²) in [6.07, 6.45) is 7.67. The zero-order valence-corrected chi connectivity index (χ0v) is 12.4. The molecule has 0 radical (unpaired) electrons. The van der Waals surface area contributed by atoms with Crippen LogP contribution < -0.4 is 5.73 Å². The maximum atomic E-state index is 5.73. The minimum absolute atomic E-state index is 0.631. The Morgan fingerprint density at radius 1 is 1.21 bits per heavy atom. The Labute approximate surface area is 122 Å². The first-order chi connectivity index (χ1) is 9.25. The van der Waals surface area contributed by atoms with E-state index in [1.54, 1.807) is 0 Å². The standard InChI is InChI=1S/C16H24N2S/c17-16(19)13-18(15-10-4-5-11-15)12-6-9-14-7-2-1-3-8-14/h1-3,7-8,15H,4-6,9-13H2,(H2,17,19). The molecule has 0 bridgehead atoms. The fourth-order valence-corrected chi connectivity index (χ4v) is 3.16. The predicted molar refractivity (Wildman–Crippen MR) is 85.4 cm³/mol. The van der Waals surface area contributed by atoms with Crippen molar-refractivity contribution in [3.05, 3.63) is 35.9 Å². The lowest BCUT2D eigenvalue weighted by Crippen LogP contribution is -2.40. The number of rotatable bonds is 7. The highest BCUT2D eigenvalue weighted by molar-refractivity contribution is 7.80. The van der Waals surface area contributed by atoms with E-state index in [4.69, 9.17) is 18.0 Å². The van der Waals surface area contributed by atoms with Crippen molar-refractivity contribution in [3.8, 4) is 0 Å². The number of nitrogens with two attached hydrogens (primary N) is 1. The van der Waals surface area contributed by atoms with Crippen LogP contribution in [0.4, 0.5) is 0 Å². The molecule has 104 valence electrons. The molecule has 1 aromatic carbocycles. The second-order valence-corrected chi connectivity index (χ2v) is 5.99. The summed E-state index contributed by atoms with van der Waals surface area (Å²) in [6.45, 7) is 1.89. The van der Waals surface area contributed by atoms with Crippen molar-refractivity contribution in [2.75, 3.05) is 13.1 Å². The Balaban J connectivity index is 1.80. The number of thiocarbonyl (C=S) groups is 1. The molecule has 2 N–H and O–H groups in total. The lowest BCUT2D eigenvalue weighted by atomic mass is 10.1. The zero-order valence-electron chi connectivity index (χ0n) is 11.6. The highest BCUT2D eigenvalue weighted by Gasteiger charge is 2.22. The van der Waals surface area contributed by atoms with Gasteiger partial charge < -0.3 is 5.73 Å². The molecule has 0 amide bonds. The summed E-state index contributed by atoms with van der Waals surface area (Å²) in [4.78, 5) is 3.13. The summed E-state index contributed by atoms with van der Waals surface area (Å²) >= 11 is 5.09. The maximum absolute atomic E-state index is 5.73. The molecule has 0 atom stereocenters. The van der Waals surface area contributed by atoms with E-state index in [1.807, 2.05) is 0 Å². The first-order valence-corrected chi connectivity index (χ1v) is 7.73. The first kappa shape index (κ1) is 14.5. The van der Waals surface area contributed by atoms with E-state index in [0.29, 0.717) is 11.0 Å². The summed E-state index contributed by atoms with van der Waals surface area (Å²) in [6, 6.07) is 11.4. The van der Waals surface area contributed by atoms with Crippen LogP contribution in [0.2, 0.25) is 0 Å². The van der Waals surface area contributed by atoms with Gasteiger partial charge in [-0.2, -0.15) is 0 Å². The summed E-state index contributed by atoms with van der Waals surface area (Å²) in [5.41, 5.74) is 7.15. The molecule has 0 spiro atoms. The van der Waals surface area contributed by atoms with Crippen LogP contribution in [0, 0.1) is 0 Å². The van der Waals surface area contributed by atoms with E-state index in [2.05, 4.69) is 35.2 Å². The summed E-state index contributed by atoms with van der Waals surface area (Å²) in [7, 11) is 0. The van der Waals surface area contributed by atoms with E-state index in [0.717, 1.165) is 19.5 Å². The Hall–Kier alpha value is -0.930. The summed E-state index contributed by atoms with van der Waals surface area (Å²) < 4.78 is 0. The molecular formula is C16H24N2S. The Bertz CT molecular complexity index is 385. The average molecular weight is 276 g/mol. The third-order valence-corrected chi connectivity index (χ3v) is 4.08. The van der Waals surface area contributed by atoms with Gasteiger partial charge in [-0.3, -0.25) is 4.90 Å². The van der Waals surface area contributed by atoms with Gasteiger partial charge in [0.25, 0.3) is 0 Å². The molecule has 1 saturated carbocycles. The molecule has 3 heteroatoms. The van der Waals surface area contributed by atoms with Crippen molar-refractivity contribution >= 4 is 17.2 Å². The number of benzene rings is 1. The van der Waals surface area contributed by atoms with Gasteiger partial charge >= 0.3 is 0 Å². The van der Waals surface area contributed by atoms with Crippen LogP contribution in [0.1, 0.15) is 37.7 Å². The van der Waals surface area contributed by atoms with Crippen LogP contribution in [-0.4, -0.2) is 29.0 Å². The highest BCUT2D eigenvalue weighted by atomic mass is 32.1. The molecule has 1 aliphatic carbocycles. The van der Waals surface area contributed by atoms with Crippen LogP contribution in [0.3, 0.4) is 0 Å². The molecular weight excluding hydrogens is 252 g/mol. The van der Waals surface area contributed by atoms with Gasteiger partial charge in [-0.15, -0.1) is 0 Å². The van der Waals surface area contributed by atoms with Crippen molar-refractivity contribution in [1.82, 2.24) is 4.90 Å². The first-order valence-electron chi connectivity index (χ1n) is 7.32. The van der Waals surface area contributed by atoms with Gasteiger partial charge in [0.2, 0.25) is 0 Å². The van der Waals surface area contributed by atoms with Crippen LogP contribution in [0.15, 0.2) is 30.3 Å². The average Bonchev–Trinajstić information content (AvgIpc) is 2.92. The molecule has 1 aromatic rings. The third kappa shape index (κ3) is 4.92. The lowest BCUT2D eigenvalue weighted by molar-refractivity contribution is 0.225. The van der Waals surface area contributed by atoms with Crippen LogP contribution in [-0.2, 0) is 6.42 Å². The Morgan fingerprint density at radius 3 is 2.53 bits per heavy atom. The van der Waals surface area contributed by atoms with Gasteiger partial charge in [0, 0.05) is 12.6 Å². The second-order valence-electron chi connectivity index (χ2n) is 5.46. The molecule has 0 unspecified atom stereocenters. The molecule has 2 rings (SSSR count). The fourth-order valence-electron chi connectivity index (χ4n) is 2.99. The quantitative estimate of drug-likeness (QED) is 0.776. The van der Waals surface area contributed by atoms with E-state index < -0.39 is 0 Å². The fraction of sp³-hybridized carbons (Fsp3) is 0.562. The lowest BCUT2D eigenvalue weighted by Gasteiger charge is -2.28. The van der Waals surface area contributed by atoms with Crippen LogP contribution in [0.5, 0.6) is 0 Å². The number of nitrogens with zero attached hydrogens (tertiary/aromatic N) is 1. The number of aryl methyl sites for hydroxylation is 1. The number of hydrogen-bond donors (Lipinski definition) is 1. The molecule has 2 nitrogen and oxygen atoms in total. The van der Waals surface area contributed by atoms with E-state index in [1.165, 1.54) is 37.7 Å². The Kier molecular flexibility index (Phi) is 5.80. The molecule has 0 aliphatic heterocycles. The van der Waals surface area contributed by atoms with Crippen molar-refractivity contribution in [2.24, 2.45) is 5.73 Å². The van der Waals surface area contributed by atoms with E-state index in [-0.39, 0.29) is 0 Å². The predicted octanol–water partition coefficient (Wildman–Crippen LogP) is 3.15. The van der Waals surface area contributed by atoms with Gasteiger partial charge in [0.05, 0.1) is 4.99 Å². The SMILES string of the molecule is NC(=S)CN(CCCc1ccccc1)C1CCCC1. The monoisotopic (exact) mass is 276 g/mol. The molecule has 0 aromatic heterocycles. The Morgan fingerprint density at radius 2 is 1.89 bits per heavy atom. The van der Waals surface area contributed by atoms with Crippen molar-refractivity contribution in [1.29, 1.82) is 0 Å². The molecule has 1 fully saturated rings. The van der Waals surface area contributed by atoms with Crippen LogP contribution >= 0.6 is 12.2 Å². The van der Waals surface area contributed by atoms with Gasteiger partial charge in [-0.1, -0.05) is 55.4 Å². The van der Waals surface area contributed by atoms with Gasteiger partial charge in [-0.25, -0.2) is 0 Å². The van der Waals surface area contributed by atoms with Gasteiger partial charge in [0.1, 0.15) is 0 Å². The van der Waals surface area contributed by atoms with Crippen molar-refractivity contribution in [2.45, 2.75) is 44.6 Å². The smallest absolute Gasteiger partial charge is 0.0870 e. The minimum Gasteiger partial charge on any atom is -0.392 e. The maximum Gasteiger partial charge on any atom is 0.0870 e. The van der Waals surface area contributed by atoms with E-state index in [9.17, 15) is 0 Å². The zero-order chi connectivity index (χ0) is 13.5. The highest BCUT2D eigenvalue weighted by Crippen LogP contribution is 2.23. The van der Waals surface area contributed by atoms with Gasteiger partial charge in [0.15, 0.2) is 0 Å². The number of hydrogen-bond acceptors (Lipinski definition) is 2. The van der Waals surface area contributed by atoms with Crippen LogP contribution in [0.25, 0.3) is 0 Å². The normalized spacial score (nSPS) is 16.1. The molecule has 0 heterocycles.